The summed E-state index contributed by atoms with van der Waals surface area (Å²) in [6.07, 6.45) is 2.67. The monoisotopic (exact) mass is 304 g/mol. The molecular weight excluding hydrogens is 283 g/mol. The molecular formula is C17H21FN2O2. The summed E-state index contributed by atoms with van der Waals surface area (Å²) in [5.74, 6) is 0.336. The highest BCUT2D eigenvalue weighted by atomic mass is 19.1. The molecule has 0 N–H and O–H groups in total. The lowest BCUT2D eigenvalue weighted by Gasteiger charge is -2.16. The average Bonchev–Trinajstić information content (AvgIpc) is 2.96. The van der Waals surface area contributed by atoms with Crippen LogP contribution in [0, 0.1) is 18.7 Å². The van der Waals surface area contributed by atoms with E-state index in [1.165, 1.54) is 10.6 Å². The lowest BCUT2D eigenvalue weighted by molar-refractivity contribution is 0.133. The predicted molar refractivity (Wildman–Crippen MR) is 82.5 cm³/mol. The Balaban J connectivity index is 2.28. The number of imidazole rings is 1. The van der Waals surface area contributed by atoms with Gasteiger partial charge < -0.3 is 4.74 Å². The molecule has 2 rings (SSSR count). The summed E-state index contributed by atoms with van der Waals surface area (Å²) in [6, 6.07) is 4.94. The number of hydrogen-bond donors (Lipinski definition) is 0. The quantitative estimate of drug-likeness (QED) is 0.853. The van der Waals surface area contributed by atoms with Crippen molar-refractivity contribution < 1.29 is 13.9 Å². The largest absolute Gasteiger partial charge is 0.449 e. The first-order valence-electron chi connectivity index (χ1n) is 7.37. The fraction of sp³-hybridized carbons (Fsp3) is 0.412. The molecule has 22 heavy (non-hydrogen) atoms. The summed E-state index contributed by atoms with van der Waals surface area (Å²) in [5.41, 5.74) is 1.38. The van der Waals surface area contributed by atoms with Gasteiger partial charge in [-0.05, 0) is 30.0 Å². The maximum atomic E-state index is 13.7. The molecule has 1 aromatic heterocycles. The van der Waals surface area contributed by atoms with Crippen LogP contribution in [0.15, 0.2) is 30.6 Å². The highest BCUT2D eigenvalue weighted by Crippen LogP contribution is 2.27. The van der Waals surface area contributed by atoms with Gasteiger partial charge >= 0.3 is 6.09 Å². The third-order valence-electron chi connectivity index (χ3n) is 3.57. The Bertz CT molecular complexity index is 664. The van der Waals surface area contributed by atoms with Crippen molar-refractivity contribution in [3.8, 4) is 0 Å². The molecule has 1 aromatic carbocycles. The van der Waals surface area contributed by atoms with Gasteiger partial charge in [0, 0.05) is 18.3 Å². The summed E-state index contributed by atoms with van der Waals surface area (Å²) < 4.78 is 20.4. The van der Waals surface area contributed by atoms with Crippen LogP contribution in [0.25, 0.3) is 0 Å². The van der Waals surface area contributed by atoms with Gasteiger partial charge in [0.25, 0.3) is 0 Å². The molecule has 0 fully saturated rings. The summed E-state index contributed by atoms with van der Waals surface area (Å²) in [6.45, 7) is 7.92. The van der Waals surface area contributed by atoms with Crippen molar-refractivity contribution in [2.24, 2.45) is 5.92 Å². The van der Waals surface area contributed by atoms with Gasteiger partial charge in [-0.2, -0.15) is 0 Å². The van der Waals surface area contributed by atoms with Crippen LogP contribution in [0.4, 0.5) is 9.18 Å². The van der Waals surface area contributed by atoms with Crippen molar-refractivity contribution in [3.05, 3.63) is 53.4 Å². The van der Waals surface area contributed by atoms with Crippen LogP contribution in [-0.4, -0.2) is 22.3 Å². The van der Waals surface area contributed by atoms with E-state index >= 15 is 0 Å². The number of hydrogen-bond acceptors (Lipinski definition) is 3. The zero-order chi connectivity index (χ0) is 16.3. The number of nitrogens with zero attached hydrogens (tertiary/aromatic N) is 2. The van der Waals surface area contributed by atoms with Crippen LogP contribution in [0.2, 0.25) is 0 Å². The van der Waals surface area contributed by atoms with E-state index < -0.39 is 6.09 Å². The molecule has 0 saturated carbocycles. The Hall–Kier alpha value is -2.17. The number of ether oxygens (including phenoxy) is 1. The van der Waals surface area contributed by atoms with E-state index in [-0.39, 0.29) is 17.7 Å². The van der Waals surface area contributed by atoms with Crippen molar-refractivity contribution in [1.29, 1.82) is 0 Å². The Morgan fingerprint density at radius 2 is 2.09 bits per heavy atom. The van der Waals surface area contributed by atoms with Gasteiger partial charge in [-0.25, -0.2) is 18.7 Å². The molecule has 0 saturated heterocycles. The Kier molecular flexibility index (Phi) is 4.96. The number of carbonyl (C=O) groups is 1. The van der Waals surface area contributed by atoms with Crippen molar-refractivity contribution in [2.45, 2.75) is 33.6 Å². The molecule has 0 aliphatic rings. The van der Waals surface area contributed by atoms with Gasteiger partial charge in [0.1, 0.15) is 11.6 Å². The topological polar surface area (TPSA) is 44.1 Å². The second kappa shape index (κ2) is 6.73. The summed E-state index contributed by atoms with van der Waals surface area (Å²) in [7, 11) is 0. The molecule has 0 amide bonds. The fourth-order valence-corrected chi connectivity index (χ4v) is 2.33. The van der Waals surface area contributed by atoms with Gasteiger partial charge in [-0.15, -0.1) is 0 Å². The van der Waals surface area contributed by atoms with Crippen LogP contribution in [-0.2, 0) is 4.74 Å². The molecule has 1 heterocycles. The van der Waals surface area contributed by atoms with Crippen LogP contribution < -0.4 is 0 Å². The zero-order valence-electron chi connectivity index (χ0n) is 13.3. The van der Waals surface area contributed by atoms with Crippen LogP contribution in [0.3, 0.4) is 0 Å². The van der Waals surface area contributed by atoms with Gasteiger partial charge in [0.05, 0.1) is 6.61 Å². The standard InChI is InChI=1S/C17H21FN2O2/c1-11(2)10-22-17(21)20-9-8-19-16(20)13(4)14-6-5-7-15(18)12(14)3/h5-9,11,13H,10H2,1-4H3. The smallest absolute Gasteiger partial charge is 0.419 e. The Labute approximate surface area is 129 Å². The van der Waals surface area contributed by atoms with Gasteiger partial charge in [-0.3, -0.25) is 0 Å². The van der Waals surface area contributed by atoms with Crippen molar-refractivity contribution in [3.63, 3.8) is 0 Å². The molecule has 118 valence electrons. The predicted octanol–water partition coefficient (Wildman–Crippen LogP) is 4.12. The minimum atomic E-state index is -0.456. The van der Waals surface area contributed by atoms with Crippen molar-refractivity contribution in [1.82, 2.24) is 9.55 Å². The van der Waals surface area contributed by atoms with Crippen LogP contribution in [0.1, 0.15) is 43.6 Å². The highest BCUT2D eigenvalue weighted by Gasteiger charge is 2.21. The summed E-state index contributed by atoms with van der Waals surface area (Å²) >= 11 is 0. The minimum absolute atomic E-state index is 0.211. The third-order valence-corrected chi connectivity index (χ3v) is 3.57. The minimum Gasteiger partial charge on any atom is -0.449 e. The fourth-order valence-electron chi connectivity index (χ4n) is 2.33. The highest BCUT2D eigenvalue weighted by molar-refractivity contribution is 5.71. The molecule has 1 unspecified atom stereocenters. The molecule has 1 atom stereocenters. The molecule has 0 bridgehead atoms. The number of carbonyl (C=O) groups excluding carboxylic acids is 1. The maximum absolute atomic E-state index is 13.7. The first-order chi connectivity index (χ1) is 10.4. The molecule has 2 aromatic rings. The number of rotatable bonds is 4. The Morgan fingerprint density at radius 1 is 1.36 bits per heavy atom. The van der Waals surface area contributed by atoms with E-state index in [2.05, 4.69) is 4.98 Å². The number of benzene rings is 1. The van der Waals surface area contributed by atoms with E-state index in [1.54, 1.807) is 25.4 Å². The van der Waals surface area contributed by atoms with Gasteiger partial charge in [0.15, 0.2) is 0 Å². The van der Waals surface area contributed by atoms with Crippen molar-refractivity contribution in [2.75, 3.05) is 6.61 Å². The first kappa shape index (κ1) is 16.2. The molecule has 0 aliphatic carbocycles. The van der Waals surface area contributed by atoms with E-state index in [0.717, 1.165) is 5.56 Å². The van der Waals surface area contributed by atoms with Gasteiger partial charge in [-0.1, -0.05) is 32.9 Å². The third kappa shape index (κ3) is 3.35. The summed E-state index contributed by atoms with van der Waals surface area (Å²) in [4.78, 5) is 16.4. The molecule has 0 spiro atoms. The average molecular weight is 304 g/mol. The second-order valence-corrected chi connectivity index (χ2v) is 5.80. The molecule has 0 aliphatic heterocycles. The molecule has 5 heteroatoms. The van der Waals surface area contributed by atoms with Crippen molar-refractivity contribution >= 4 is 6.09 Å². The first-order valence-corrected chi connectivity index (χ1v) is 7.37. The van der Waals surface area contributed by atoms with E-state index in [9.17, 15) is 9.18 Å². The number of aromatic nitrogens is 2. The molecule has 4 nitrogen and oxygen atoms in total. The van der Waals surface area contributed by atoms with Crippen LogP contribution >= 0.6 is 0 Å². The second-order valence-electron chi connectivity index (χ2n) is 5.80. The van der Waals surface area contributed by atoms with E-state index in [4.69, 9.17) is 4.74 Å². The zero-order valence-corrected chi connectivity index (χ0v) is 13.3. The SMILES string of the molecule is Cc1c(F)cccc1C(C)c1nccn1C(=O)OCC(C)C. The van der Waals surface area contributed by atoms with E-state index in [1.807, 2.05) is 26.8 Å². The van der Waals surface area contributed by atoms with E-state index in [0.29, 0.717) is 18.0 Å². The lowest BCUT2D eigenvalue weighted by Crippen LogP contribution is -2.20. The summed E-state index contributed by atoms with van der Waals surface area (Å²) in [5, 5.41) is 0. The maximum Gasteiger partial charge on any atom is 0.419 e. The normalized spacial score (nSPS) is 12.5. The Morgan fingerprint density at radius 3 is 2.77 bits per heavy atom. The molecule has 0 radical (unpaired) electrons. The lowest BCUT2D eigenvalue weighted by atomic mass is 9.95. The van der Waals surface area contributed by atoms with Crippen LogP contribution in [0.5, 0.6) is 0 Å². The number of halogens is 1. The van der Waals surface area contributed by atoms with Gasteiger partial charge in [0.2, 0.25) is 0 Å².